The lowest BCUT2D eigenvalue weighted by Crippen LogP contribution is -2.30. The lowest BCUT2D eigenvalue weighted by molar-refractivity contribution is 0.0144. The largest absolute Gasteiger partial charge is 0.508 e. The van der Waals surface area contributed by atoms with Gasteiger partial charge in [0.2, 0.25) is 0 Å². The van der Waals surface area contributed by atoms with Crippen molar-refractivity contribution >= 4 is 5.91 Å². The molecule has 0 spiro atoms. The highest BCUT2D eigenvalue weighted by Gasteiger charge is 2.23. The number of phenolic OH excluding ortho intramolecular Hbond substituents is 1. The van der Waals surface area contributed by atoms with Gasteiger partial charge < -0.3 is 15.2 Å². The summed E-state index contributed by atoms with van der Waals surface area (Å²) in [7, 11) is 0. The number of ether oxygens (including phenoxy) is 1. The Morgan fingerprint density at radius 3 is 2.63 bits per heavy atom. The van der Waals surface area contributed by atoms with Gasteiger partial charge in [0.15, 0.2) is 0 Å². The van der Waals surface area contributed by atoms with E-state index < -0.39 is 23.6 Å². The maximum Gasteiger partial charge on any atom is 0.270 e. The standard InChI is InChI=1S/C28H26F2N2O3/c1-17-13-20(4-3-19-11-12-35-18(2)14-19)15-25(31-17)28(34)32-27(21-5-7-22(29)8-6-21)24-16-23(30)9-10-26(24)33/h5-10,13,15-16,18-19,27,33H,11-12,14H2,1-2H3,(H,32,34)/t18-,19+,27?/m1/s1. The van der Waals surface area contributed by atoms with Gasteiger partial charge in [-0.15, -0.1) is 0 Å². The molecular weight excluding hydrogens is 450 g/mol. The number of aromatic nitrogens is 1. The molecule has 3 aromatic rings. The molecule has 2 N–H and O–H groups in total. The van der Waals surface area contributed by atoms with Gasteiger partial charge in [0.05, 0.1) is 12.1 Å². The van der Waals surface area contributed by atoms with Gasteiger partial charge in [-0.1, -0.05) is 24.0 Å². The smallest absolute Gasteiger partial charge is 0.270 e. The Balaban J connectivity index is 1.63. The molecule has 1 saturated heterocycles. The number of aryl methyl sites for hydroxylation is 1. The van der Waals surface area contributed by atoms with Crippen molar-refractivity contribution in [1.29, 1.82) is 0 Å². The van der Waals surface area contributed by atoms with E-state index in [2.05, 4.69) is 22.1 Å². The molecule has 1 unspecified atom stereocenters. The summed E-state index contributed by atoms with van der Waals surface area (Å²) in [6, 6.07) is 11.4. The summed E-state index contributed by atoms with van der Waals surface area (Å²) in [5.74, 6) is 4.89. The zero-order valence-corrected chi connectivity index (χ0v) is 19.5. The average molecular weight is 477 g/mol. The molecule has 1 fully saturated rings. The molecule has 0 bridgehead atoms. The third kappa shape index (κ3) is 6.23. The van der Waals surface area contributed by atoms with E-state index in [0.29, 0.717) is 23.4 Å². The van der Waals surface area contributed by atoms with E-state index in [1.807, 2.05) is 13.0 Å². The SMILES string of the molecule is Cc1cc(C#C[C@H]2CCO[C@H](C)C2)cc(C(=O)NC(c2ccc(F)cc2)c2cc(F)ccc2O)n1. The third-order valence-corrected chi connectivity index (χ3v) is 5.87. The molecular formula is C28H26F2N2O3. The van der Waals surface area contributed by atoms with Crippen LogP contribution in [0, 0.1) is 36.3 Å². The molecule has 7 heteroatoms. The van der Waals surface area contributed by atoms with Crippen LogP contribution in [0.4, 0.5) is 8.78 Å². The molecule has 0 radical (unpaired) electrons. The number of rotatable bonds is 4. The van der Waals surface area contributed by atoms with E-state index >= 15 is 0 Å². The van der Waals surface area contributed by atoms with Crippen LogP contribution in [0.5, 0.6) is 5.75 Å². The van der Waals surface area contributed by atoms with E-state index in [1.54, 1.807) is 13.0 Å². The molecule has 35 heavy (non-hydrogen) atoms. The molecule has 0 aliphatic carbocycles. The maximum absolute atomic E-state index is 14.0. The fourth-order valence-corrected chi connectivity index (χ4v) is 4.13. The molecule has 4 rings (SSSR count). The van der Waals surface area contributed by atoms with Crippen molar-refractivity contribution in [1.82, 2.24) is 10.3 Å². The topological polar surface area (TPSA) is 71.5 Å². The summed E-state index contributed by atoms with van der Waals surface area (Å²) in [6.07, 6.45) is 1.90. The Morgan fingerprint density at radius 2 is 1.89 bits per heavy atom. The van der Waals surface area contributed by atoms with Gasteiger partial charge in [-0.05, 0) is 74.7 Å². The van der Waals surface area contributed by atoms with Gasteiger partial charge in [0, 0.05) is 29.3 Å². The maximum atomic E-state index is 14.0. The Morgan fingerprint density at radius 1 is 1.14 bits per heavy atom. The van der Waals surface area contributed by atoms with Gasteiger partial charge in [0.25, 0.3) is 5.91 Å². The summed E-state index contributed by atoms with van der Waals surface area (Å²) in [4.78, 5) is 17.6. The lowest BCUT2D eigenvalue weighted by Gasteiger charge is -2.23. The van der Waals surface area contributed by atoms with Gasteiger partial charge >= 0.3 is 0 Å². The predicted octanol–water partition coefficient (Wildman–Crippen LogP) is 5.06. The number of nitrogens with one attached hydrogen (secondary N) is 1. The number of halogens is 2. The van der Waals surface area contributed by atoms with E-state index in [1.165, 1.54) is 30.3 Å². The van der Waals surface area contributed by atoms with E-state index in [-0.39, 0.29) is 29.0 Å². The number of phenols is 1. The Kier molecular flexibility index (Phi) is 7.42. The van der Waals surface area contributed by atoms with Crippen LogP contribution < -0.4 is 5.32 Å². The summed E-state index contributed by atoms with van der Waals surface area (Å²) in [5.41, 5.74) is 2.04. The van der Waals surface area contributed by atoms with Gasteiger partial charge in [-0.3, -0.25) is 4.79 Å². The number of hydrogen-bond donors (Lipinski definition) is 2. The fourth-order valence-electron chi connectivity index (χ4n) is 4.13. The number of pyridine rings is 1. The number of carbonyl (C=O) groups is 1. The summed E-state index contributed by atoms with van der Waals surface area (Å²) in [6.45, 7) is 4.48. The predicted molar refractivity (Wildman–Crippen MR) is 128 cm³/mol. The second-order valence-electron chi connectivity index (χ2n) is 8.72. The van der Waals surface area contributed by atoms with Crippen molar-refractivity contribution in [2.75, 3.05) is 6.61 Å². The Bertz CT molecular complexity index is 1280. The molecule has 2 aromatic carbocycles. The summed E-state index contributed by atoms with van der Waals surface area (Å²) >= 11 is 0. The minimum absolute atomic E-state index is 0.137. The van der Waals surface area contributed by atoms with E-state index in [4.69, 9.17) is 4.74 Å². The Labute approximate surface area is 203 Å². The number of aromatic hydroxyl groups is 1. The first kappa shape index (κ1) is 24.4. The van der Waals surface area contributed by atoms with Crippen molar-refractivity contribution in [2.45, 2.75) is 38.8 Å². The fraction of sp³-hybridized carbons (Fsp3) is 0.286. The average Bonchev–Trinajstić information content (AvgIpc) is 2.83. The number of amides is 1. The van der Waals surface area contributed by atoms with Crippen molar-refractivity contribution in [3.05, 3.63) is 94.3 Å². The molecule has 1 aliphatic heterocycles. The zero-order valence-electron chi connectivity index (χ0n) is 19.5. The van der Waals surface area contributed by atoms with Crippen LogP contribution >= 0.6 is 0 Å². The molecule has 1 aliphatic rings. The second-order valence-corrected chi connectivity index (χ2v) is 8.72. The third-order valence-electron chi connectivity index (χ3n) is 5.87. The lowest BCUT2D eigenvalue weighted by atomic mass is 9.96. The van der Waals surface area contributed by atoms with Crippen molar-refractivity contribution in [3.8, 4) is 17.6 Å². The van der Waals surface area contributed by atoms with Crippen LogP contribution in [0.1, 0.15) is 58.7 Å². The molecule has 0 saturated carbocycles. The van der Waals surface area contributed by atoms with Crippen molar-refractivity contribution < 1.29 is 23.4 Å². The van der Waals surface area contributed by atoms with Gasteiger partial charge in [-0.2, -0.15) is 0 Å². The first-order valence-corrected chi connectivity index (χ1v) is 11.4. The minimum atomic E-state index is -0.931. The van der Waals surface area contributed by atoms with Gasteiger partial charge in [-0.25, -0.2) is 13.8 Å². The number of benzene rings is 2. The highest BCUT2D eigenvalue weighted by Crippen LogP contribution is 2.30. The molecule has 1 amide bonds. The molecule has 180 valence electrons. The van der Waals surface area contributed by atoms with E-state index in [0.717, 1.165) is 25.0 Å². The van der Waals surface area contributed by atoms with E-state index in [9.17, 15) is 18.7 Å². The quantitative estimate of drug-likeness (QED) is 0.517. The first-order valence-electron chi connectivity index (χ1n) is 11.4. The van der Waals surface area contributed by atoms with Crippen molar-refractivity contribution in [3.63, 3.8) is 0 Å². The molecule has 1 aromatic heterocycles. The summed E-state index contributed by atoms with van der Waals surface area (Å²) in [5, 5.41) is 13.2. The second kappa shape index (κ2) is 10.7. The van der Waals surface area contributed by atoms with Crippen LogP contribution in [-0.4, -0.2) is 28.7 Å². The van der Waals surface area contributed by atoms with Crippen molar-refractivity contribution in [2.24, 2.45) is 5.92 Å². The molecule has 5 nitrogen and oxygen atoms in total. The minimum Gasteiger partial charge on any atom is -0.508 e. The van der Waals surface area contributed by atoms with Crippen LogP contribution in [0.25, 0.3) is 0 Å². The summed E-state index contributed by atoms with van der Waals surface area (Å²) < 4.78 is 33.1. The van der Waals surface area contributed by atoms with Gasteiger partial charge in [0.1, 0.15) is 23.1 Å². The molecule has 2 heterocycles. The molecule has 3 atom stereocenters. The number of hydrogen-bond acceptors (Lipinski definition) is 4. The zero-order chi connectivity index (χ0) is 24.9. The normalized spacial score (nSPS) is 18.3. The highest BCUT2D eigenvalue weighted by atomic mass is 19.1. The Hall–Kier alpha value is -3.76. The monoisotopic (exact) mass is 476 g/mol. The first-order chi connectivity index (χ1) is 16.8. The van der Waals surface area contributed by atoms with Crippen LogP contribution in [0.2, 0.25) is 0 Å². The van der Waals surface area contributed by atoms with Crippen LogP contribution in [-0.2, 0) is 4.74 Å². The highest BCUT2D eigenvalue weighted by molar-refractivity contribution is 5.93. The van der Waals surface area contributed by atoms with Crippen LogP contribution in [0.3, 0.4) is 0 Å². The number of nitrogens with zero attached hydrogens (tertiary/aromatic N) is 1. The number of carbonyl (C=O) groups excluding carboxylic acids is 1. The van der Waals surface area contributed by atoms with Crippen LogP contribution in [0.15, 0.2) is 54.6 Å².